The van der Waals surface area contributed by atoms with Crippen molar-refractivity contribution in [1.82, 2.24) is 10.2 Å². The van der Waals surface area contributed by atoms with Crippen molar-refractivity contribution >= 4 is 23.6 Å². The Morgan fingerprint density at radius 3 is 2.69 bits per heavy atom. The molecular formula is C19H21N3O3S. The second kappa shape index (κ2) is 8.39. The summed E-state index contributed by atoms with van der Waals surface area (Å²) >= 11 is 1.23. The minimum atomic E-state index is -0.268. The van der Waals surface area contributed by atoms with Crippen molar-refractivity contribution in [3.8, 4) is 6.07 Å². The fraction of sp³-hybridized carbons (Fsp3) is 0.421. The first-order valence-corrected chi connectivity index (χ1v) is 9.56. The van der Waals surface area contributed by atoms with Gasteiger partial charge in [-0.25, -0.2) is 0 Å². The quantitative estimate of drug-likeness (QED) is 0.874. The zero-order chi connectivity index (χ0) is 18.5. The Balaban J connectivity index is 1.76. The highest BCUT2D eigenvalue weighted by Crippen LogP contribution is 2.36. The monoisotopic (exact) mass is 371 g/mol. The number of thioether (sulfide) groups is 1. The van der Waals surface area contributed by atoms with Crippen molar-refractivity contribution in [2.24, 2.45) is 0 Å². The van der Waals surface area contributed by atoms with Crippen LogP contribution in [-0.2, 0) is 14.3 Å². The molecule has 3 rings (SSSR count). The molecule has 0 aliphatic carbocycles. The van der Waals surface area contributed by atoms with Crippen LogP contribution in [0.5, 0.6) is 0 Å². The summed E-state index contributed by atoms with van der Waals surface area (Å²) in [5, 5.41) is 12.9. The van der Waals surface area contributed by atoms with E-state index in [9.17, 15) is 14.9 Å². The van der Waals surface area contributed by atoms with Crippen LogP contribution in [0.1, 0.15) is 23.5 Å². The highest BCUT2D eigenvalue weighted by Gasteiger charge is 2.30. The van der Waals surface area contributed by atoms with Gasteiger partial charge in [-0.15, -0.1) is 0 Å². The SMILES string of the molecule is Cc1ccc([C@H]2CC(=O)NC(SCC(=O)N3CCOCC3)=C2C#N)cc1. The zero-order valence-electron chi connectivity index (χ0n) is 14.7. The topological polar surface area (TPSA) is 82.4 Å². The van der Waals surface area contributed by atoms with E-state index in [1.54, 1.807) is 4.90 Å². The minimum Gasteiger partial charge on any atom is -0.378 e. The van der Waals surface area contributed by atoms with E-state index in [2.05, 4.69) is 11.4 Å². The summed E-state index contributed by atoms with van der Waals surface area (Å²) in [4.78, 5) is 26.2. The Morgan fingerprint density at radius 2 is 2.04 bits per heavy atom. The van der Waals surface area contributed by atoms with Gasteiger partial charge in [0.2, 0.25) is 11.8 Å². The van der Waals surface area contributed by atoms with Crippen LogP contribution in [-0.4, -0.2) is 48.8 Å². The standard InChI is InChI=1S/C19H21N3O3S/c1-13-2-4-14(5-3-13)15-10-17(23)21-19(16(15)11-20)26-12-18(24)22-6-8-25-9-7-22/h2-5,15H,6-10,12H2,1H3,(H,21,23)/t15-/m1/s1. The van der Waals surface area contributed by atoms with Crippen LogP contribution in [0.25, 0.3) is 0 Å². The van der Waals surface area contributed by atoms with Crippen molar-refractivity contribution in [1.29, 1.82) is 5.26 Å². The number of hydrogen-bond acceptors (Lipinski definition) is 5. The van der Waals surface area contributed by atoms with E-state index < -0.39 is 0 Å². The molecule has 1 N–H and O–H groups in total. The summed E-state index contributed by atoms with van der Waals surface area (Å²) in [5.41, 5.74) is 2.59. The van der Waals surface area contributed by atoms with E-state index in [1.807, 2.05) is 31.2 Å². The number of allylic oxidation sites excluding steroid dienone is 1. The molecule has 0 radical (unpaired) electrons. The number of amides is 2. The molecule has 6 nitrogen and oxygen atoms in total. The van der Waals surface area contributed by atoms with E-state index in [-0.39, 0.29) is 29.9 Å². The highest BCUT2D eigenvalue weighted by molar-refractivity contribution is 8.03. The number of hydrogen-bond donors (Lipinski definition) is 1. The van der Waals surface area contributed by atoms with Gasteiger partial charge in [0.15, 0.2) is 0 Å². The Kier molecular flexibility index (Phi) is 5.96. The van der Waals surface area contributed by atoms with E-state index in [0.717, 1.165) is 11.1 Å². The molecule has 1 saturated heterocycles. The Labute approximate surface area is 157 Å². The second-order valence-corrected chi connectivity index (χ2v) is 7.34. The summed E-state index contributed by atoms with van der Waals surface area (Å²) in [7, 11) is 0. The van der Waals surface area contributed by atoms with Gasteiger partial charge < -0.3 is 15.0 Å². The maximum Gasteiger partial charge on any atom is 0.233 e. The van der Waals surface area contributed by atoms with E-state index in [0.29, 0.717) is 36.9 Å². The van der Waals surface area contributed by atoms with E-state index in [1.165, 1.54) is 11.8 Å². The first-order valence-electron chi connectivity index (χ1n) is 8.57. The molecule has 1 atom stereocenters. The first kappa shape index (κ1) is 18.5. The maximum atomic E-state index is 12.3. The van der Waals surface area contributed by atoms with Gasteiger partial charge in [-0.3, -0.25) is 9.59 Å². The van der Waals surface area contributed by atoms with Crippen LogP contribution < -0.4 is 5.32 Å². The normalized spacial score (nSPS) is 20.5. The summed E-state index contributed by atoms with van der Waals surface area (Å²) < 4.78 is 5.25. The molecule has 2 aliphatic rings. The van der Waals surface area contributed by atoms with Gasteiger partial charge in [-0.2, -0.15) is 5.26 Å². The molecule has 0 spiro atoms. The van der Waals surface area contributed by atoms with Crippen LogP contribution in [0.3, 0.4) is 0 Å². The van der Waals surface area contributed by atoms with Crippen molar-refractivity contribution < 1.29 is 14.3 Å². The molecule has 0 saturated carbocycles. The zero-order valence-corrected chi connectivity index (χ0v) is 15.5. The van der Waals surface area contributed by atoms with Gasteiger partial charge in [0, 0.05) is 25.4 Å². The number of ether oxygens (including phenoxy) is 1. The second-order valence-electron chi connectivity index (χ2n) is 6.35. The van der Waals surface area contributed by atoms with Gasteiger partial charge in [-0.1, -0.05) is 41.6 Å². The number of nitrogens with one attached hydrogen (secondary N) is 1. The van der Waals surface area contributed by atoms with Crippen molar-refractivity contribution in [3.05, 3.63) is 46.0 Å². The highest BCUT2D eigenvalue weighted by atomic mass is 32.2. The molecule has 0 unspecified atom stereocenters. The number of morpholine rings is 1. The lowest BCUT2D eigenvalue weighted by Gasteiger charge is -2.28. The fourth-order valence-electron chi connectivity index (χ4n) is 3.05. The van der Waals surface area contributed by atoms with Gasteiger partial charge in [-0.05, 0) is 12.5 Å². The van der Waals surface area contributed by atoms with Crippen LogP contribution >= 0.6 is 11.8 Å². The summed E-state index contributed by atoms with van der Waals surface area (Å²) in [6, 6.07) is 10.1. The molecule has 0 aromatic heterocycles. The molecule has 26 heavy (non-hydrogen) atoms. The lowest BCUT2D eigenvalue weighted by Crippen LogP contribution is -2.42. The molecule has 1 aromatic rings. The summed E-state index contributed by atoms with van der Waals surface area (Å²) in [6.07, 6.45) is 0.243. The van der Waals surface area contributed by atoms with Gasteiger partial charge in [0.1, 0.15) is 0 Å². The number of carbonyl (C=O) groups is 2. The molecule has 1 fully saturated rings. The Morgan fingerprint density at radius 1 is 1.35 bits per heavy atom. The number of nitrogens with zero attached hydrogens (tertiary/aromatic N) is 2. The Bertz CT molecular complexity index is 761. The number of rotatable bonds is 4. The van der Waals surface area contributed by atoms with Gasteiger partial charge in [0.25, 0.3) is 0 Å². The number of benzene rings is 1. The number of carbonyl (C=O) groups excluding carboxylic acids is 2. The van der Waals surface area contributed by atoms with Crippen LogP contribution in [0.4, 0.5) is 0 Å². The predicted molar refractivity (Wildman–Crippen MR) is 99.2 cm³/mol. The molecule has 2 amide bonds. The molecule has 0 bridgehead atoms. The molecular weight excluding hydrogens is 350 g/mol. The molecule has 2 heterocycles. The van der Waals surface area contributed by atoms with E-state index >= 15 is 0 Å². The van der Waals surface area contributed by atoms with Crippen molar-refractivity contribution in [2.45, 2.75) is 19.3 Å². The third kappa shape index (κ3) is 4.26. The summed E-state index contributed by atoms with van der Waals surface area (Å²) in [6.45, 7) is 4.27. The maximum absolute atomic E-state index is 12.3. The number of nitriles is 1. The van der Waals surface area contributed by atoms with Crippen molar-refractivity contribution in [3.63, 3.8) is 0 Å². The molecule has 7 heteroatoms. The Hall–Kier alpha value is -2.30. The van der Waals surface area contributed by atoms with Gasteiger partial charge in [0.05, 0.1) is 35.6 Å². The summed E-state index contributed by atoms with van der Waals surface area (Å²) in [5.74, 6) is -0.206. The molecule has 2 aliphatic heterocycles. The first-order chi connectivity index (χ1) is 12.6. The van der Waals surface area contributed by atoms with E-state index in [4.69, 9.17) is 4.74 Å². The van der Waals surface area contributed by atoms with Crippen molar-refractivity contribution in [2.75, 3.05) is 32.1 Å². The van der Waals surface area contributed by atoms with Crippen LogP contribution in [0.2, 0.25) is 0 Å². The lowest BCUT2D eigenvalue weighted by molar-refractivity contribution is -0.132. The molecule has 136 valence electrons. The predicted octanol–water partition coefficient (Wildman–Crippen LogP) is 1.93. The third-order valence-corrected chi connectivity index (χ3v) is 5.54. The number of aryl methyl sites for hydroxylation is 1. The fourth-order valence-corrected chi connectivity index (χ4v) is 4.03. The smallest absolute Gasteiger partial charge is 0.233 e. The van der Waals surface area contributed by atoms with Crippen LogP contribution in [0, 0.1) is 18.3 Å². The average molecular weight is 371 g/mol. The molecule has 1 aromatic carbocycles. The average Bonchev–Trinajstić information content (AvgIpc) is 2.67. The van der Waals surface area contributed by atoms with Crippen LogP contribution in [0.15, 0.2) is 34.9 Å². The minimum absolute atomic E-state index is 0.00482. The lowest BCUT2D eigenvalue weighted by atomic mass is 9.87. The van der Waals surface area contributed by atoms with Gasteiger partial charge >= 0.3 is 0 Å². The largest absolute Gasteiger partial charge is 0.378 e. The third-order valence-electron chi connectivity index (χ3n) is 4.54.